The van der Waals surface area contributed by atoms with Gasteiger partial charge in [-0.2, -0.15) is 0 Å². The van der Waals surface area contributed by atoms with Crippen molar-refractivity contribution < 1.29 is 5.11 Å². The lowest BCUT2D eigenvalue weighted by Gasteiger charge is -2.23. The highest BCUT2D eigenvalue weighted by atomic mass is 35.5. The molecular weight excluding hydrogens is 248 g/mol. The van der Waals surface area contributed by atoms with Crippen LogP contribution in [-0.2, 0) is 6.54 Å². The molecule has 4 heteroatoms. The molecule has 1 unspecified atom stereocenters. The first-order chi connectivity index (χ1) is 8.74. The average molecular weight is 267 g/mol. The number of anilines is 1. The number of β-amino-alcohol motifs (C(OH)–C–C–N with tert-alkyl or cyclic N) is 1. The van der Waals surface area contributed by atoms with Crippen LogP contribution in [0.1, 0.15) is 24.8 Å². The van der Waals surface area contributed by atoms with Crippen LogP contribution < -0.4 is 10.2 Å². The van der Waals surface area contributed by atoms with Crippen LogP contribution in [0.15, 0.2) is 18.2 Å². The second kappa shape index (κ2) is 5.08. The van der Waals surface area contributed by atoms with Crippen LogP contribution >= 0.6 is 11.6 Å². The van der Waals surface area contributed by atoms with E-state index in [1.54, 1.807) is 0 Å². The van der Waals surface area contributed by atoms with Crippen LogP contribution in [0.3, 0.4) is 0 Å². The molecule has 2 N–H and O–H groups in total. The van der Waals surface area contributed by atoms with E-state index in [1.165, 1.54) is 18.4 Å². The summed E-state index contributed by atoms with van der Waals surface area (Å²) in [4.78, 5) is 2.21. The molecule has 1 saturated heterocycles. The highest BCUT2D eigenvalue weighted by Gasteiger charge is 2.25. The maximum Gasteiger partial charge on any atom is 0.0731 e. The summed E-state index contributed by atoms with van der Waals surface area (Å²) >= 11 is 6.34. The van der Waals surface area contributed by atoms with Crippen molar-refractivity contribution in [2.45, 2.75) is 38.0 Å². The Labute approximate surface area is 113 Å². The summed E-state index contributed by atoms with van der Waals surface area (Å²) in [6.07, 6.45) is 3.20. The minimum absolute atomic E-state index is 0.217. The van der Waals surface area contributed by atoms with Gasteiger partial charge in [0.1, 0.15) is 0 Å². The van der Waals surface area contributed by atoms with E-state index >= 15 is 0 Å². The molecule has 0 spiro atoms. The molecular formula is C14H19ClN2O. The van der Waals surface area contributed by atoms with Crippen LogP contribution in [0.5, 0.6) is 0 Å². The number of halogens is 1. The van der Waals surface area contributed by atoms with Crippen molar-refractivity contribution in [1.82, 2.24) is 5.32 Å². The van der Waals surface area contributed by atoms with Gasteiger partial charge in [-0.05, 0) is 30.9 Å². The van der Waals surface area contributed by atoms with E-state index in [4.69, 9.17) is 11.6 Å². The Morgan fingerprint density at radius 1 is 1.33 bits per heavy atom. The van der Waals surface area contributed by atoms with Gasteiger partial charge in [0, 0.05) is 25.7 Å². The molecule has 1 saturated carbocycles. The molecule has 0 radical (unpaired) electrons. The lowest BCUT2D eigenvalue weighted by molar-refractivity contribution is 0.198. The first-order valence-corrected chi connectivity index (χ1v) is 7.05. The van der Waals surface area contributed by atoms with Crippen molar-refractivity contribution in [1.29, 1.82) is 0 Å². The summed E-state index contributed by atoms with van der Waals surface area (Å²) in [5, 5.41) is 14.0. The highest BCUT2D eigenvalue weighted by molar-refractivity contribution is 6.33. The summed E-state index contributed by atoms with van der Waals surface area (Å²) in [6, 6.07) is 6.76. The Morgan fingerprint density at radius 3 is 2.83 bits per heavy atom. The number of nitrogens with zero attached hydrogens (tertiary/aromatic N) is 1. The van der Waals surface area contributed by atoms with Crippen molar-refractivity contribution in [2.24, 2.45) is 0 Å². The number of para-hydroxylation sites is 1. The van der Waals surface area contributed by atoms with E-state index < -0.39 is 0 Å². The minimum atomic E-state index is -0.217. The fourth-order valence-electron chi connectivity index (χ4n) is 2.54. The summed E-state index contributed by atoms with van der Waals surface area (Å²) in [6.45, 7) is 2.45. The third kappa shape index (κ3) is 2.63. The summed E-state index contributed by atoms with van der Waals surface area (Å²) < 4.78 is 0. The molecule has 98 valence electrons. The molecule has 0 bridgehead atoms. The molecule has 3 nitrogen and oxygen atoms in total. The quantitative estimate of drug-likeness (QED) is 0.877. The monoisotopic (exact) mass is 266 g/mol. The van der Waals surface area contributed by atoms with Crippen molar-refractivity contribution >= 4 is 17.3 Å². The fourth-order valence-corrected chi connectivity index (χ4v) is 2.86. The van der Waals surface area contributed by atoms with Gasteiger partial charge in [0.25, 0.3) is 0 Å². The lowest BCUT2D eigenvalue weighted by atomic mass is 10.1. The molecule has 2 fully saturated rings. The summed E-state index contributed by atoms with van der Waals surface area (Å²) in [7, 11) is 0. The van der Waals surface area contributed by atoms with E-state index in [9.17, 15) is 5.11 Å². The average Bonchev–Trinajstić information content (AvgIpc) is 3.09. The van der Waals surface area contributed by atoms with Gasteiger partial charge in [0.2, 0.25) is 0 Å². The van der Waals surface area contributed by atoms with Crippen molar-refractivity contribution in [2.75, 3.05) is 18.0 Å². The van der Waals surface area contributed by atoms with E-state index in [-0.39, 0.29) is 6.10 Å². The number of aliphatic hydroxyl groups excluding tert-OH is 1. The standard InChI is InChI=1S/C14H19ClN2O/c15-13-3-1-2-10(8-16-11-4-5-11)14(13)17-7-6-12(18)9-17/h1-3,11-12,16,18H,4-9H2. The minimum Gasteiger partial charge on any atom is -0.391 e. The highest BCUT2D eigenvalue weighted by Crippen LogP contribution is 2.33. The van der Waals surface area contributed by atoms with Crippen molar-refractivity contribution in [3.8, 4) is 0 Å². The maximum absolute atomic E-state index is 9.67. The molecule has 1 atom stereocenters. The maximum atomic E-state index is 9.67. The van der Waals surface area contributed by atoms with Crippen molar-refractivity contribution in [3.63, 3.8) is 0 Å². The second-order valence-corrected chi connectivity index (χ2v) is 5.70. The number of benzene rings is 1. The molecule has 2 aliphatic rings. The first-order valence-electron chi connectivity index (χ1n) is 6.68. The predicted molar refractivity (Wildman–Crippen MR) is 74.2 cm³/mol. The Kier molecular flexibility index (Phi) is 3.46. The molecule has 0 amide bonds. The van der Waals surface area contributed by atoms with Crippen molar-refractivity contribution in [3.05, 3.63) is 28.8 Å². The van der Waals surface area contributed by atoms with Gasteiger partial charge in [-0.15, -0.1) is 0 Å². The third-order valence-electron chi connectivity index (χ3n) is 3.71. The molecule has 18 heavy (non-hydrogen) atoms. The van der Waals surface area contributed by atoms with Gasteiger partial charge in [-0.25, -0.2) is 0 Å². The van der Waals surface area contributed by atoms with Gasteiger partial charge in [-0.1, -0.05) is 23.7 Å². The van der Waals surface area contributed by atoms with Gasteiger partial charge in [0.05, 0.1) is 16.8 Å². The van der Waals surface area contributed by atoms with Gasteiger partial charge < -0.3 is 15.3 Å². The van der Waals surface area contributed by atoms with Crippen LogP contribution in [0.2, 0.25) is 5.02 Å². The SMILES string of the molecule is OC1CCN(c2c(Cl)cccc2CNC2CC2)C1. The molecule has 1 heterocycles. The Morgan fingerprint density at radius 2 is 2.17 bits per heavy atom. The molecule has 0 aromatic heterocycles. The number of hydrogen-bond acceptors (Lipinski definition) is 3. The smallest absolute Gasteiger partial charge is 0.0731 e. The molecule has 1 aromatic rings. The second-order valence-electron chi connectivity index (χ2n) is 5.29. The summed E-state index contributed by atoms with van der Waals surface area (Å²) in [5.74, 6) is 0. The zero-order valence-electron chi connectivity index (χ0n) is 10.4. The number of rotatable bonds is 4. The number of hydrogen-bond donors (Lipinski definition) is 2. The molecule has 1 aromatic carbocycles. The third-order valence-corrected chi connectivity index (χ3v) is 4.01. The molecule has 1 aliphatic heterocycles. The first kappa shape index (κ1) is 12.3. The lowest BCUT2D eigenvalue weighted by Crippen LogP contribution is -2.24. The molecule has 1 aliphatic carbocycles. The largest absolute Gasteiger partial charge is 0.391 e. The number of aliphatic hydroxyl groups is 1. The van der Waals surface area contributed by atoms with E-state index in [1.807, 2.05) is 12.1 Å². The Hall–Kier alpha value is -0.770. The van der Waals surface area contributed by atoms with Crippen LogP contribution in [-0.4, -0.2) is 30.3 Å². The predicted octanol–water partition coefficient (Wildman–Crippen LogP) is 2.16. The normalized spacial score (nSPS) is 23.7. The topological polar surface area (TPSA) is 35.5 Å². The van der Waals surface area contributed by atoms with E-state index in [0.29, 0.717) is 12.6 Å². The zero-order chi connectivity index (χ0) is 12.5. The van der Waals surface area contributed by atoms with Gasteiger partial charge in [0.15, 0.2) is 0 Å². The van der Waals surface area contributed by atoms with E-state index in [2.05, 4.69) is 16.3 Å². The van der Waals surface area contributed by atoms with Crippen LogP contribution in [0.25, 0.3) is 0 Å². The molecule has 3 rings (SSSR count). The Balaban J connectivity index is 1.80. The zero-order valence-corrected chi connectivity index (χ0v) is 11.2. The van der Waals surface area contributed by atoms with E-state index in [0.717, 1.165) is 30.2 Å². The van der Waals surface area contributed by atoms with Gasteiger partial charge in [-0.3, -0.25) is 0 Å². The van der Waals surface area contributed by atoms with Crippen LogP contribution in [0.4, 0.5) is 5.69 Å². The van der Waals surface area contributed by atoms with Gasteiger partial charge >= 0.3 is 0 Å². The van der Waals surface area contributed by atoms with Crippen LogP contribution in [0, 0.1) is 0 Å². The number of nitrogens with one attached hydrogen (secondary N) is 1. The fraction of sp³-hybridized carbons (Fsp3) is 0.571. The summed E-state index contributed by atoms with van der Waals surface area (Å²) in [5.41, 5.74) is 2.34. The Bertz CT molecular complexity index is 434.